The number of aromatic nitrogens is 2. The number of alkyl halides is 1. The van der Waals surface area contributed by atoms with Crippen LogP contribution in [-0.4, -0.2) is 9.97 Å². The van der Waals surface area contributed by atoms with Crippen molar-refractivity contribution in [3.05, 3.63) is 23.8 Å². The Hall–Kier alpha value is -0.990. The van der Waals surface area contributed by atoms with Crippen LogP contribution >= 0.6 is 0 Å². The standard InChI is InChI=1S/C9H13FN2/c1-6(2)8-4-11-9(7(3)10)12-5-8/h4-7H,1-3H3. The Balaban J connectivity index is 2.86. The van der Waals surface area contributed by atoms with E-state index in [-0.39, 0.29) is 5.82 Å². The number of hydrogen-bond donors (Lipinski definition) is 0. The molecule has 0 aliphatic carbocycles. The van der Waals surface area contributed by atoms with Gasteiger partial charge in [-0.05, 0) is 18.4 Å². The summed E-state index contributed by atoms with van der Waals surface area (Å²) in [4.78, 5) is 7.83. The van der Waals surface area contributed by atoms with Crippen LogP contribution in [0, 0.1) is 0 Å². The summed E-state index contributed by atoms with van der Waals surface area (Å²) in [5.74, 6) is 0.661. The molecule has 1 aromatic heterocycles. The van der Waals surface area contributed by atoms with E-state index in [4.69, 9.17) is 0 Å². The SMILES string of the molecule is CC(C)c1cnc(C(C)F)nc1. The predicted molar refractivity (Wildman–Crippen MR) is 45.6 cm³/mol. The summed E-state index contributed by atoms with van der Waals surface area (Å²) in [6.07, 6.45) is 2.29. The molecule has 3 heteroatoms. The number of nitrogens with zero attached hydrogens (tertiary/aromatic N) is 2. The molecule has 1 aromatic rings. The Morgan fingerprint density at radius 1 is 1.17 bits per heavy atom. The Morgan fingerprint density at radius 3 is 2.00 bits per heavy atom. The number of hydrogen-bond acceptors (Lipinski definition) is 2. The lowest BCUT2D eigenvalue weighted by molar-refractivity contribution is 0.356. The topological polar surface area (TPSA) is 25.8 Å². The summed E-state index contributed by atoms with van der Waals surface area (Å²) in [6.45, 7) is 5.54. The van der Waals surface area contributed by atoms with Crippen molar-refractivity contribution in [3.63, 3.8) is 0 Å². The van der Waals surface area contributed by atoms with E-state index >= 15 is 0 Å². The van der Waals surface area contributed by atoms with Gasteiger partial charge >= 0.3 is 0 Å². The molecule has 1 atom stereocenters. The summed E-state index contributed by atoms with van der Waals surface area (Å²) in [5, 5.41) is 0. The molecular weight excluding hydrogens is 155 g/mol. The minimum Gasteiger partial charge on any atom is -0.239 e. The lowest BCUT2D eigenvalue weighted by atomic mass is 10.1. The molecule has 0 aliphatic rings. The highest BCUT2D eigenvalue weighted by Gasteiger charge is 2.06. The van der Waals surface area contributed by atoms with Gasteiger partial charge < -0.3 is 0 Å². The van der Waals surface area contributed by atoms with Gasteiger partial charge in [0.2, 0.25) is 0 Å². The summed E-state index contributed by atoms with van der Waals surface area (Å²) in [6, 6.07) is 0. The third kappa shape index (κ3) is 2.00. The van der Waals surface area contributed by atoms with Crippen LogP contribution in [0.5, 0.6) is 0 Å². The van der Waals surface area contributed by atoms with Gasteiger partial charge in [-0.15, -0.1) is 0 Å². The van der Waals surface area contributed by atoms with Crippen molar-refractivity contribution in [1.29, 1.82) is 0 Å². The van der Waals surface area contributed by atoms with E-state index < -0.39 is 6.17 Å². The van der Waals surface area contributed by atoms with E-state index in [0.29, 0.717) is 5.92 Å². The van der Waals surface area contributed by atoms with Crippen LogP contribution in [0.3, 0.4) is 0 Å². The molecule has 0 aliphatic heterocycles. The number of halogens is 1. The zero-order valence-corrected chi connectivity index (χ0v) is 7.58. The first-order valence-electron chi connectivity index (χ1n) is 4.07. The van der Waals surface area contributed by atoms with Gasteiger partial charge in [0.15, 0.2) is 12.0 Å². The highest BCUT2D eigenvalue weighted by molar-refractivity contribution is 5.10. The molecule has 0 fully saturated rings. The second-order valence-electron chi connectivity index (χ2n) is 3.15. The van der Waals surface area contributed by atoms with E-state index in [2.05, 4.69) is 23.8 Å². The van der Waals surface area contributed by atoms with Gasteiger partial charge in [0.05, 0.1) is 0 Å². The largest absolute Gasteiger partial charge is 0.239 e. The molecule has 0 saturated heterocycles. The van der Waals surface area contributed by atoms with Crippen molar-refractivity contribution >= 4 is 0 Å². The van der Waals surface area contributed by atoms with Crippen molar-refractivity contribution in [1.82, 2.24) is 9.97 Å². The fraction of sp³-hybridized carbons (Fsp3) is 0.556. The van der Waals surface area contributed by atoms with Crippen molar-refractivity contribution in [2.75, 3.05) is 0 Å². The molecule has 1 heterocycles. The molecule has 2 nitrogen and oxygen atoms in total. The van der Waals surface area contributed by atoms with Gasteiger partial charge in [-0.3, -0.25) is 0 Å². The van der Waals surface area contributed by atoms with Crippen molar-refractivity contribution in [3.8, 4) is 0 Å². The Labute approximate surface area is 71.9 Å². The average molecular weight is 168 g/mol. The molecule has 0 bridgehead atoms. The van der Waals surface area contributed by atoms with Crippen LogP contribution in [0.15, 0.2) is 12.4 Å². The first-order chi connectivity index (χ1) is 5.61. The van der Waals surface area contributed by atoms with Gasteiger partial charge in [-0.1, -0.05) is 13.8 Å². The molecule has 66 valence electrons. The molecule has 1 unspecified atom stereocenters. The molecule has 0 spiro atoms. The van der Waals surface area contributed by atoms with Crippen molar-refractivity contribution in [2.24, 2.45) is 0 Å². The van der Waals surface area contributed by atoms with E-state index in [1.165, 1.54) is 6.92 Å². The molecule has 0 N–H and O–H groups in total. The van der Waals surface area contributed by atoms with Gasteiger partial charge in [0.1, 0.15) is 0 Å². The maximum absolute atomic E-state index is 12.6. The fourth-order valence-electron chi connectivity index (χ4n) is 0.852. The first-order valence-corrected chi connectivity index (χ1v) is 4.07. The quantitative estimate of drug-likeness (QED) is 0.678. The minimum absolute atomic E-state index is 0.263. The molecule has 12 heavy (non-hydrogen) atoms. The maximum Gasteiger partial charge on any atom is 0.162 e. The summed E-state index contributed by atoms with van der Waals surface area (Å²) < 4.78 is 12.6. The van der Waals surface area contributed by atoms with E-state index in [9.17, 15) is 4.39 Å². The second kappa shape index (κ2) is 3.61. The third-order valence-corrected chi connectivity index (χ3v) is 1.71. The van der Waals surface area contributed by atoms with E-state index in [0.717, 1.165) is 5.56 Å². The van der Waals surface area contributed by atoms with Crippen LogP contribution in [0.4, 0.5) is 4.39 Å². The Morgan fingerprint density at radius 2 is 1.67 bits per heavy atom. The zero-order valence-electron chi connectivity index (χ0n) is 7.58. The van der Waals surface area contributed by atoms with Crippen molar-refractivity contribution < 1.29 is 4.39 Å². The lowest BCUT2D eigenvalue weighted by Crippen LogP contribution is -1.98. The summed E-state index contributed by atoms with van der Waals surface area (Å²) in [5.41, 5.74) is 1.04. The lowest BCUT2D eigenvalue weighted by Gasteiger charge is -2.04. The number of rotatable bonds is 2. The molecule has 0 aromatic carbocycles. The van der Waals surface area contributed by atoms with Crippen LogP contribution in [-0.2, 0) is 0 Å². The highest BCUT2D eigenvalue weighted by Crippen LogP contribution is 2.14. The fourth-order valence-corrected chi connectivity index (χ4v) is 0.852. The molecule has 0 saturated carbocycles. The smallest absolute Gasteiger partial charge is 0.162 e. The summed E-state index contributed by atoms with van der Waals surface area (Å²) in [7, 11) is 0. The minimum atomic E-state index is -1.08. The van der Waals surface area contributed by atoms with Crippen LogP contribution in [0.1, 0.15) is 44.2 Å². The van der Waals surface area contributed by atoms with E-state index in [1.54, 1.807) is 12.4 Å². The van der Waals surface area contributed by atoms with Crippen LogP contribution in [0.2, 0.25) is 0 Å². The van der Waals surface area contributed by atoms with Crippen molar-refractivity contribution in [2.45, 2.75) is 32.9 Å². The zero-order chi connectivity index (χ0) is 9.14. The Bertz CT molecular complexity index is 214. The van der Waals surface area contributed by atoms with E-state index in [1.807, 2.05) is 0 Å². The van der Waals surface area contributed by atoms with Crippen LogP contribution < -0.4 is 0 Å². The maximum atomic E-state index is 12.6. The monoisotopic (exact) mass is 168 g/mol. The predicted octanol–water partition coefficient (Wildman–Crippen LogP) is 2.63. The molecule has 1 rings (SSSR count). The molecular formula is C9H13FN2. The highest BCUT2D eigenvalue weighted by atomic mass is 19.1. The second-order valence-corrected chi connectivity index (χ2v) is 3.15. The normalized spacial score (nSPS) is 13.4. The van der Waals surface area contributed by atoms with Crippen LogP contribution in [0.25, 0.3) is 0 Å². The van der Waals surface area contributed by atoms with Gasteiger partial charge in [0.25, 0.3) is 0 Å². The summed E-state index contributed by atoms with van der Waals surface area (Å²) >= 11 is 0. The van der Waals surface area contributed by atoms with Gasteiger partial charge in [-0.25, -0.2) is 14.4 Å². The van der Waals surface area contributed by atoms with Gasteiger partial charge in [0, 0.05) is 12.4 Å². The molecule has 0 amide bonds. The third-order valence-electron chi connectivity index (χ3n) is 1.71. The van der Waals surface area contributed by atoms with Gasteiger partial charge in [-0.2, -0.15) is 0 Å². The first kappa shape index (κ1) is 9.10. The molecule has 0 radical (unpaired) electrons. The Kier molecular flexibility index (Phi) is 2.74. The average Bonchev–Trinajstić information content (AvgIpc) is 2.04.